The number of hydrogen-bond donors (Lipinski definition) is 2. The van der Waals surface area contributed by atoms with Crippen LogP contribution in [0.1, 0.15) is 25.3 Å². The summed E-state index contributed by atoms with van der Waals surface area (Å²) in [7, 11) is 0. The summed E-state index contributed by atoms with van der Waals surface area (Å²) >= 11 is 0. The molecular formula is C21H19N3O5. The van der Waals surface area contributed by atoms with Crippen LogP contribution in [0.5, 0.6) is 0 Å². The Balaban J connectivity index is 1.68. The first-order chi connectivity index (χ1) is 13.9. The van der Waals surface area contributed by atoms with Crippen LogP contribution in [0.15, 0.2) is 30.5 Å². The zero-order chi connectivity index (χ0) is 20.6. The summed E-state index contributed by atoms with van der Waals surface area (Å²) in [4.78, 5) is 32.3. The minimum Gasteiger partial charge on any atom is -0.396 e. The molecule has 0 saturated carbocycles. The topological polar surface area (TPSA) is 124 Å². The van der Waals surface area contributed by atoms with Gasteiger partial charge in [-0.3, -0.25) is 14.6 Å². The highest BCUT2D eigenvalue weighted by Crippen LogP contribution is 2.62. The molecule has 8 nitrogen and oxygen atoms in total. The highest BCUT2D eigenvalue weighted by molar-refractivity contribution is 6.26. The number of pyridine rings is 1. The molecule has 3 fully saturated rings. The van der Waals surface area contributed by atoms with Crippen LogP contribution in [-0.2, 0) is 14.3 Å². The van der Waals surface area contributed by atoms with Crippen molar-refractivity contribution in [3.8, 4) is 6.07 Å². The van der Waals surface area contributed by atoms with Gasteiger partial charge in [0.15, 0.2) is 0 Å². The van der Waals surface area contributed by atoms with Gasteiger partial charge in [0.25, 0.3) is 0 Å². The number of ether oxygens (including phenoxy) is 1. The Hall–Kier alpha value is -2.86. The number of aliphatic hydroxyl groups is 2. The van der Waals surface area contributed by atoms with Gasteiger partial charge in [-0.25, -0.2) is 4.90 Å². The standard InChI is InChI=1S/C21H19N3O5/c1-20-14(26)9-21(29-20,6-8-25)16-15(20)18(27)24(19(16)28)13-5-4-11(10-22)17-12(13)3-2-7-23-17/h2-5,7,14-16,25-26H,6,8-9H2,1H3/t14-,15-,16+,20?,21?/m1/s1. The first kappa shape index (κ1) is 18.2. The van der Waals surface area contributed by atoms with Gasteiger partial charge in [0.05, 0.1) is 40.3 Å². The molecule has 4 heterocycles. The molecule has 2 N–H and O–H groups in total. The molecule has 0 spiro atoms. The minimum atomic E-state index is -1.18. The van der Waals surface area contributed by atoms with Crippen LogP contribution < -0.4 is 4.90 Å². The van der Waals surface area contributed by atoms with E-state index >= 15 is 0 Å². The first-order valence-corrected chi connectivity index (χ1v) is 9.53. The monoisotopic (exact) mass is 393 g/mol. The Morgan fingerprint density at radius 2 is 2.07 bits per heavy atom. The number of fused-ring (bicyclic) bond motifs is 6. The van der Waals surface area contributed by atoms with Crippen molar-refractivity contribution in [2.45, 2.75) is 37.1 Å². The number of carbonyl (C=O) groups is 2. The van der Waals surface area contributed by atoms with Crippen LogP contribution in [0.25, 0.3) is 10.9 Å². The second-order valence-electron chi connectivity index (χ2n) is 8.16. The summed E-state index contributed by atoms with van der Waals surface area (Å²) in [5.41, 5.74) is -1.10. The molecule has 2 unspecified atom stereocenters. The van der Waals surface area contributed by atoms with Gasteiger partial charge < -0.3 is 14.9 Å². The number of nitrogens with zero attached hydrogens (tertiary/aromatic N) is 3. The Labute approximate surface area is 166 Å². The van der Waals surface area contributed by atoms with Gasteiger partial charge in [-0.05, 0) is 31.2 Å². The number of carbonyl (C=O) groups excluding carboxylic acids is 2. The highest BCUT2D eigenvalue weighted by atomic mass is 16.6. The van der Waals surface area contributed by atoms with Gasteiger partial charge in [0.1, 0.15) is 11.7 Å². The fourth-order valence-electron chi connectivity index (χ4n) is 5.49. The number of rotatable bonds is 3. The number of imide groups is 1. The maximum Gasteiger partial charge on any atom is 0.240 e. The molecule has 3 saturated heterocycles. The predicted molar refractivity (Wildman–Crippen MR) is 100 cm³/mol. The Morgan fingerprint density at radius 3 is 2.79 bits per heavy atom. The van der Waals surface area contributed by atoms with Gasteiger partial charge >= 0.3 is 0 Å². The quantitative estimate of drug-likeness (QED) is 0.742. The number of anilines is 1. The van der Waals surface area contributed by atoms with Gasteiger partial charge in [0.2, 0.25) is 11.8 Å². The van der Waals surface area contributed by atoms with Crippen molar-refractivity contribution in [2.75, 3.05) is 11.5 Å². The zero-order valence-corrected chi connectivity index (χ0v) is 15.7. The lowest BCUT2D eigenvalue weighted by molar-refractivity contribution is -0.134. The fraction of sp³-hybridized carbons (Fsp3) is 0.429. The van der Waals surface area contributed by atoms with E-state index in [1.807, 2.05) is 0 Å². The van der Waals surface area contributed by atoms with E-state index in [0.29, 0.717) is 22.2 Å². The van der Waals surface area contributed by atoms with Crippen molar-refractivity contribution in [3.05, 3.63) is 36.0 Å². The van der Waals surface area contributed by atoms with E-state index in [9.17, 15) is 25.1 Å². The summed E-state index contributed by atoms with van der Waals surface area (Å²) < 4.78 is 6.08. The molecule has 0 radical (unpaired) electrons. The molecule has 1 aromatic heterocycles. The lowest BCUT2D eigenvalue weighted by Gasteiger charge is -2.33. The summed E-state index contributed by atoms with van der Waals surface area (Å²) in [6, 6.07) is 8.61. The highest BCUT2D eigenvalue weighted by Gasteiger charge is 2.76. The van der Waals surface area contributed by atoms with Crippen LogP contribution in [0.2, 0.25) is 0 Å². The summed E-state index contributed by atoms with van der Waals surface area (Å²) in [6.45, 7) is 1.45. The van der Waals surface area contributed by atoms with Crippen LogP contribution in [0, 0.1) is 23.2 Å². The number of aromatic nitrogens is 1. The molecule has 2 amide bonds. The second kappa shape index (κ2) is 5.83. The largest absolute Gasteiger partial charge is 0.396 e. The molecule has 29 heavy (non-hydrogen) atoms. The average molecular weight is 393 g/mol. The maximum absolute atomic E-state index is 13.5. The third-order valence-corrected chi connectivity index (χ3v) is 6.76. The van der Waals surface area contributed by atoms with E-state index < -0.39 is 41.0 Å². The Kier molecular flexibility index (Phi) is 3.65. The maximum atomic E-state index is 13.5. The molecule has 3 aliphatic rings. The number of hydrogen-bond acceptors (Lipinski definition) is 7. The van der Waals surface area contributed by atoms with E-state index in [2.05, 4.69) is 11.1 Å². The molecule has 1 aromatic carbocycles. The lowest BCUT2D eigenvalue weighted by Crippen LogP contribution is -2.49. The molecule has 0 aliphatic carbocycles. The Morgan fingerprint density at radius 1 is 1.31 bits per heavy atom. The van der Waals surface area contributed by atoms with Crippen molar-refractivity contribution in [3.63, 3.8) is 0 Å². The third-order valence-electron chi connectivity index (χ3n) is 6.76. The van der Waals surface area contributed by atoms with Crippen LogP contribution >= 0.6 is 0 Å². The van der Waals surface area contributed by atoms with E-state index in [-0.39, 0.29) is 19.4 Å². The number of aliphatic hydroxyl groups excluding tert-OH is 2. The van der Waals surface area contributed by atoms with Gasteiger partial charge in [-0.1, -0.05) is 0 Å². The zero-order valence-electron chi connectivity index (χ0n) is 15.7. The second-order valence-corrected chi connectivity index (χ2v) is 8.16. The number of amides is 2. The van der Waals surface area contributed by atoms with E-state index in [1.165, 1.54) is 0 Å². The predicted octanol–water partition coefficient (Wildman–Crippen LogP) is 0.887. The summed E-state index contributed by atoms with van der Waals surface area (Å²) in [5, 5.41) is 30.0. The van der Waals surface area contributed by atoms with Crippen molar-refractivity contribution in [1.29, 1.82) is 5.26 Å². The molecule has 148 valence electrons. The SMILES string of the molecule is CC12OC(CCO)(C[C@H]1O)[C@@H]1C(=O)N(c3ccc(C#N)c4ncccc34)C(=O)[C@@H]12. The fourth-order valence-corrected chi connectivity index (χ4v) is 5.49. The van der Waals surface area contributed by atoms with Gasteiger partial charge in [-0.15, -0.1) is 0 Å². The molecule has 8 heteroatoms. The van der Waals surface area contributed by atoms with Gasteiger partial charge in [0, 0.05) is 31.0 Å². The first-order valence-electron chi connectivity index (χ1n) is 9.53. The molecule has 5 atom stereocenters. The smallest absolute Gasteiger partial charge is 0.240 e. The average Bonchev–Trinajstić information content (AvgIpc) is 3.23. The van der Waals surface area contributed by atoms with Crippen molar-refractivity contribution < 1.29 is 24.5 Å². The van der Waals surface area contributed by atoms with Crippen LogP contribution in [0.3, 0.4) is 0 Å². The minimum absolute atomic E-state index is 0.170. The third kappa shape index (κ3) is 2.10. The normalized spacial score (nSPS) is 35.4. The van der Waals surface area contributed by atoms with Crippen LogP contribution in [0.4, 0.5) is 5.69 Å². The van der Waals surface area contributed by atoms with E-state index in [4.69, 9.17) is 4.74 Å². The Bertz CT molecular complexity index is 1110. The van der Waals surface area contributed by atoms with Crippen molar-refractivity contribution >= 4 is 28.4 Å². The number of benzene rings is 1. The molecule has 3 aliphatic heterocycles. The van der Waals surface area contributed by atoms with Crippen LogP contribution in [-0.4, -0.2) is 50.9 Å². The van der Waals surface area contributed by atoms with Gasteiger partial charge in [-0.2, -0.15) is 5.26 Å². The van der Waals surface area contributed by atoms with E-state index in [0.717, 1.165) is 4.90 Å². The van der Waals surface area contributed by atoms with Crippen molar-refractivity contribution in [2.24, 2.45) is 11.8 Å². The molecular weight excluding hydrogens is 374 g/mol. The molecule has 5 rings (SSSR count). The molecule has 2 aromatic rings. The number of nitriles is 1. The summed E-state index contributed by atoms with van der Waals surface area (Å²) in [6.07, 6.45) is 1.03. The lowest BCUT2D eigenvalue weighted by atomic mass is 9.66. The molecule has 2 bridgehead atoms. The summed E-state index contributed by atoms with van der Waals surface area (Å²) in [5.74, 6) is -2.43. The van der Waals surface area contributed by atoms with E-state index in [1.54, 1.807) is 37.4 Å². The van der Waals surface area contributed by atoms with Crippen molar-refractivity contribution in [1.82, 2.24) is 4.98 Å².